The van der Waals surface area contributed by atoms with Gasteiger partial charge in [-0.3, -0.25) is 4.79 Å². The minimum Gasteiger partial charge on any atom is -0.466 e. The molecule has 0 saturated heterocycles. The summed E-state index contributed by atoms with van der Waals surface area (Å²) in [4.78, 5) is 11.4. The summed E-state index contributed by atoms with van der Waals surface area (Å²) in [5.41, 5.74) is 0. The van der Waals surface area contributed by atoms with E-state index in [1.54, 1.807) is 0 Å². The Labute approximate surface area is 172 Å². The molecular formula is C22H44O6. The molecule has 0 aliphatic carbocycles. The summed E-state index contributed by atoms with van der Waals surface area (Å²) in [6, 6.07) is 0. The predicted octanol–water partition coefficient (Wildman–Crippen LogP) is 4.54. The van der Waals surface area contributed by atoms with Crippen LogP contribution < -0.4 is 0 Å². The maximum atomic E-state index is 11.4. The number of carbonyl (C=O) groups is 1. The molecule has 0 atom stereocenters. The zero-order chi connectivity index (χ0) is 20.5. The SMILES string of the molecule is CCCCCCCCOCCOCCOCCOCCCC(=O)OCCCC. The van der Waals surface area contributed by atoms with Crippen molar-refractivity contribution in [2.45, 2.75) is 78.1 Å². The third-order valence-corrected chi connectivity index (χ3v) is 4.19. The maximum Gasteiger partial charge on any atom is 0.305 e. The molecule has 0 aromatic heterocycles. The lowest BCUT2D eigenvalue weighted by molar-refractivity contribution is -0.144. The first-order valence-electron chi connectivity index (χ1n) is 11.3. The van der Waals surface area contributed by atoms with Crippen LogP contribution in [-0.2, 0) is 28.5 Å². The topological polar surface area (TPSA) is 63.2 Å². The summed E-state index contributed by atoms with van der Waals surface area (Å²) < 4.78 is 27.0. The first kappa shape index (κ1) is 27.3. The molecule has 0 aromatic carbocycles. The van der Waals surface area contributed by atoms with Crippen LogP contribution in [0.5, 0.6) is 0 Å². The standard InChI is InChI=1S/C22H44O6/c1-3-5-7-8-9-10-13-24-16-18-26-20-21-27-19-17-25-14-11-12-22(23)28-15-6-4-2/h3-21H2,1-2H3. The largest absolute Gasteiger partial charge is 0.466 e. The molecule has 0 fully saturated rings. The summed E-state index contributed by atoms with van der Waals surface area (Å²) in [6.45, 7) is 9.70. The van der Waals surface area contributed by atoms with Crippen molar-refractivity contribution < 1.29 is 28.5 Å². The molecule has 0 amide bonds. The van der Waals surface area contributed by atoms with Crippen molar-refractivity contribution in [1.82, 2.24) is 0 Å². The molecule has 0 bridgehead atoms. The average Bonchev–Trinajstić information content (AvgIpc) is 2.70. The molecular weight excluding hydrogens is 360 g/mol. The Hall–Kier alpha value is -0.690. The third kappa shape index (κ3) is 23.3. The molecule has 0 spiro atoms. The molecule has 0 radical (unpaired) electrons. The number of carbonyl (C=O) groups excluding carboxylic acids is 1. The van der Waals surface area contributed by atoms with E-state index in [0.29, 0.717) is 65.7 Å². The molecule has 0 aliphatic rings. The molecule has 0 N–H and O–H groups in total. The van der Waals surface area contributed by atoms with Gasteiger partial charge in [0, 0.05) is 19.6 Å². The Bertz CT molecular complexity index is 311. The predicted molar refractivity (Wildman–Crippen MR) is 112 cm³/mol. The number of rotatable bonds is 23. The van der Waals surface area contributed by atoms with E-state index in [-0.39, 0.29) is 5.97 Å². The number of hydrogen-bond donors (Lipinski definition) is 0. The molecule has 0 aliphatic heterocycles. The van der Waals surface area contributed by atoms with Gasteiger partial charge >= 0.3 is 5.97 Å². The summed E-state index contributed by atoms with van der Waals surface area (Å²) in [7, 11) is 0. The lowest BCUT2D eigenvalue weighted by Crippen LogP contribution is -2.12. The molecule has 6 nitrogen and oxygen atoms in total. The fraction of sp³-hybridized carbons (Fsp3) is 0.955. The highest BCUT2D eigenvalue weighted by atomic mass is 16.6. The Morgan fingerprint density at radius 1 is 0.500 bits per heavy atom. The Morgan fingerprint density at radius 3 is 1.54 bits per heavy atom. The molecule has 0 heterocycles. The molecule has 168 valence electrons. The van der Waals surface area contributed by atoms with Crippen LogP contribution >= 0.6 is 0 Å². The van der Waals surface area contributed by atoms with Gasteiger partial charge in [0.25, 0.3) is 0 Å². The number of ether oxygens (including phenoxy) is 5. The Balaban J connectivity index is 3.06. The lowest BCUT2D eigenvalue weighted by atomic mass is 10.1. The van der Waals surface area contributed by atoms with Gasteiger partial charge in [0.2, 0.25) is 0 Å². The summed E-state index contributed by atoms with van der Waals surface area (Å²) in [6.07, 6.45) is 10.8. The van der Waals surface area contributed by atoms with E-state index in [0.717, 1.165) is 25.9 Å². The van der Waals surface area contributed by atoms with Gasteiger partial charge in [-0.05, 0) is 19.3 Å². The molecule has 0 saturated carbocycles. The maximum absolute atomic E-state index is 11.4. The second kappa shape index (κ2) is 24.3. The van der Waals surface area contributed by atoms with E-state index in [2.05, 4.69) is 13.8 Å². The van der Waals surface area contributed by atoms with Gasteiger partial charge in [-0.2, -0.15) is 0 Å². The quantitative estimate of drug-likeness (QED) is 0.184. The minimum absolute atomic E-state index is 0.138. The van der Waals surface area contributed by atoms with E-state index >= 15 is 0 Å². The van der Waals surface area contributed by atoms with Crippen LogP contribution in [0.25, 0.3) is 0 Å². The second-order valence-electron chi connectivity index (χ2n) is 6.89. The molecule has 0 rings (SSSR count). The van der Waals surface area contributed by atoms with Crippen molar-refractivity contribution in [3.05, 3.63) is 0 Å². The van der Waals surface area contributed by atoms with Gasteiger partial charge in [0.05, 0.1) is 46.2 Å². The second-order valence-corrected chi connectivity index (χ2v) is 6.89. The van der Waals surface area contributed by atoms with Crippen molar-refractivity contribution in [1.29, 1.82) is 0 Å². The van der Waals surface area contributed by atoms with Gasteiger partial charge in [0.1, 0.15) is 0 Å². The third-order valence-electron chi connectivity index (χ3n) is 4.19. The highest BCUT2D eigenvalue weighted by Crippen LogP contribution is 2.04. The fourth-order valence-corrected chi connectivity index (χ4v) is 2.47. The molecule has 0 unspecified atom stereocenters. The van der Waals surface area contributed by atoms with E-state index in [1.165, 1.54) is 32.1 Å². The van der Waals surface area contributed by atoms with Crippen molar-refractivity contribution in [2.75, 3.05) is 59.5 Å². The van der Waals surface area contributed by atoms with Crippen molar-refractivity contribution in [2.24, 2.45) is 0 Å². The van der Waals surface area contributed by atoms with Crippen LogP contribution in [0.1, 0.15) is 78.1 Å². The van der Waals surface area contributed by atoms with Crippen LogP contribution in [0.3, 0.4) is 0 Å². The highest BCUT2D eigenvalue weighted by Gasteiger charge is 2.02. The van der Waals surface area contributed by atoms with Gasteiger partial charge in [0.15, 0.2) is 0 Å². The monoisotopic (exact) mass is 404 g/mol. The average molecular weight is 405 g/mol. The summed E-state index contributed by atoms with van der Waals surface area (Å²) in [5, 5.41) is 0. The van der Waals surface area contributed by atoms with Crippen LogP contribution in [0.2, 0.25) is 0 Å². The fourth-order valence-electron chi connectivity index (χ4n) is 2.47. The van der Waals surface area contributed by atoms with E-state index in [4.69, 9.17) is 23.7 Å². The van der Waals surface area contributed by atoms with Gasteiger partial charge < -0.3 is 23.7 Å². The van der Waals surface area contributed by atoms with Gasteiger partial charge in [-0.15, -0.1) is 0 Å². The molecule has 6 heteroatoms. The lowest BCUT2D eigenvalue weighted by Gasteiger charge is -2.08. The van der Waals surface area contributed by atoms with Crippen molar-refractivity contribution in [3.63, 3.8) is 0 Å². The Kier molecular flexibility index (Phi) is 23.7. The van der Waals surface area contributed by atoms with Crippen LogP contribution in [0.4, 0.5) is 0 Å². The van der Waals surface area contributed by atoms with E-state index in [1.807, 2.05) is 0 Å². The minimum atomic E-state index is -0.138. The van der Waals surface area contributed by atoms with E-state index in [9.17, 15) is 4.79 Å². The van der Waals surface area contributed by atoms with Crippen LogP contribution in [-0.4, -0.2) is 65.4 Å². The van der Waals surface area contributed by atoms with Crippen molar-refractivity contribution >= 4 is 5.97 Å². The van der Waals surface area contributed by atoms with E-state index < -0.39 is 0 Å². The van der Waals surface area contributed by atoms with Gasteiger partial charge in [-0.25, -0.2) is 0 Å². The number of hydrogen-bond acceptors (Lipinski definition) is 6. The van der Waals surface area contributed by atoms with Gasteiger partial charge in [-0.1, -0.05) is 52.4 Å². The first-order chi connectivity index (χ1) is 13.8. The summed E-state index contributed by atoms with van der Waals surface area (Å²) >= 11 is 0. The van der Waals surface area contributed by atoms with Crippen LogP contribution in [0, 0.1) is 0 Å². The normalized spacial score (nSPS) is 11.1. The summed E-state index contributed by atoms with van der Waals surface area (Å²) in [5.74, 6) is -0.138. The first-order valence-corrected chi connectivity index (χ1v) is 11.3. The zero-order valence-electron chi connectivity index (χ0n) is 18.4. The number of esters is 1. The van der Waals surface area contributed by atoms with Crippen LogP contribution in [0.15, 0.2) is 0 Å². The molecule has 28 heavy (non-hydrogen) atoms. The zero-order valence-corrected chi connectivity index (χ0v) is 18.4. The number of unbranched alkanes of at least 4 members (excludes halogenated alkanes) is 6. The smallest absolute Gasteiger partial charge is 0.305 e. The highest BCUT2D eigenvalue weighted by molar-refractivity contribution is 5.69. The Morgan fingerprint density at radius 2 is 0.964 bits per heavy atom. The molecule has 0 aromatic rings. The van der Waals surface area contributed by atoms with Crippen molar-refractivity contribution in [3.8, 4) is 0 Å².